The van der Waals surface area contributed by atoms with Crippen LogP contribution in [-0.4, -0.2) is 67.7 Å². The molecule has 9 nitrogen and oxygen atoms in total. The van der Waals surface area contributed by atoms with E-state index in [0.29, 0.717) is 26.1 Å². The van der Waals surface area contributed by atoms with Crippen LogP contribution in [0.4, 0.5) is 4.79 Å². The maximum Gasteiger partial charge on any atom is 0.407 e. The van der Waals surface area contributed by atoms with Gasteiger partial charge >= 0.3 is 12.1 Å². The summed E-state index contributed by atoms with van der Waals surface area (Å²) in [5.41, 5.74) is 4.55. The van der Waals surface area contributed by atoms with Gasteiger partial charge in [-0.3, -0.25) is 4.79 Å². The molecule has 2 aromatic carbocycles. The first-order valence-electron chi connectivity index (χ1n) is 11.9. The molecule has 35 heavy (non-hydrogen) atoms. The molecule has 4 atom stereocenters. The van der Waals surface area contributed by atoms with E-state index >= 15 is 0 Å². The van der Waals surface area contributed by atoms with E-state index in [1.807, 2.05) is 24.3 Å². The Bertz CT molecular complexity index is 1070. The number of nitrogens with one attached hydrogen (secondary N) is 2. The van der Waals surface area contributed by atoms with Gasteiger partial charge < -0.3 is 30.0 Å². The average molecular weight is 481 g/mol. The smallest absolute Gasteiger partial charge is 0.407 e. The Kier molecular flexibility index (Phi) is 6.70. The fourth-order valence-electron chi connectivity index (χ4n) is 5.24. The van der Waals surface area contributed by atoms with Gasteiger partial charge in [-0.05, 0) is 35.1 Å². The van der Waals surface area contributed by atoms with Crippen LogP contribution in [0.15, 0.2) is 48.5 Å². The number of carboxylic acids is 1. The molecule has 0 saturated carbocycles. The van der Waals surface area contributed by atoms with Gasteiger partial charge in [0.2, 0.25) is 0 Å². The Morgan fingerprint density at radius 1 is 0.914 bits per heavy atom. The Labute approximate surface area is 202 Å². The van der Waals surface area contributed by atoms with Gasteiger partial charge in [-0.2, -0.15) is 0 Å². The van der Waals surface area contributed by atoms with Crippen molar-refractivity contribution in [3.63, 3.8) is 0 Å². The van der Waals surface area contributed by atoms with E-state index in [9.17, 15) is 19.5 Å². The van der Waals surface area contributed by atoms with Crippen LogP contribution in [0.3, 0.4) is 0 Å². The molecule has 3 aliphatic rings. The number of carbonyl (C=O) groups excluding carboxylic acids is 2. The molecule has 0 aromatic heterocycles. The van der Waals surface area contributed by atoms with E-state index < -0.39 is 30.3 Å². The lowest BCUT2D eigenvalue weighted by Crippen LogP contribution is -2.49. The van der Waals surface area contributed by atoms with E-state index in [0.717, 1.165) is 22.3 Å². The van der Waals surface area contributed by atoms with Crippen molar-refractivity contribution in [1.82, 2.24) is 10.6 Å². The van der Waals surface area contributed by atoms with Crippen LogP contribution >= 0.6 is 0 Å². The zero-order chi connectivity index (χ0) is 24.4. The van der Waals surface area contributed by atoms with Crippen LogP contribution in [0.2, 0.25) is 0 Å². The Balaban J connectivity index is 1.15. The third-order valence-corrected chi connectivity index (χ3v) is 6.99. The van der Waals surface area contributed by atoms with Gasteiger partial charge in [-0.25, -0.2) is 9.59 Å². The maximum absolute atomic E-state index is 12.7. The third-order valence-electron chi connectivity index (χ3n) is 6.99. The molecule has 0 spiro atoms. The van der Waals surface area contributed by atoms with Crippen LogP contribution in [0.1, 0.15) is 29.9 Å². The Morgan fingerprint density at radius 2 is 1.54 bits per heavy atom. The summed E-state index contributed by atoms with van der Waals surface area (Å²) in [5, 5.41) is 14.7. The van der Waals surface area contributed by atoms with Crippen molar-refractivity contribution >= 4 is 18.0 Å². The maximum atomic E-state index is 12.7. The highest BCUT2D eigenvalue weighted by atomic mass is 16.6. The minimum atomic E-state index is -1.03. The van der Waals surface area contributed by atoms with Crippen molar-refractivity contribution in [2.75, 3.05) is 26.4 Å². The molecule has 0 bridgehead atoms. The molecular weight excluding hydrogens is 452 g/mol. The molecule has 3 N–H and O–H groups in total. The predicted octanol–water partition coefficient (Wildman–Crippen LogP) is 2.29. The fraction of sp³-hybridized carbons (Fsp3) is 0.423. The normalized spacial score (nSPS) is 25.0. The van der Waals surface area contributed by atoms with Gasteiger partial charge in [0.05, 0.1) is 6.04 Å². The summed E-state index contributed by atoms with van der Waals surface area (Å²) in [6.45, 7) is 1.04. The molecule has 2 saturated heterocycles. The van der Waals surface area contributed by atoms with Crippen molar-refractivity contribution in [2.24, 2.45) is 5.92 Å². The number of hydrogen-bond acceptors (Lipinski definition) is 6. The van der Waals surface area contributed by atoms with Crippen molar-refractivity contribution in [3.8, 4) is 11.1 Å². The standard InChI is InChI=1S/C26H28N2O7/c29-24(27-13-15-9-11-33-22(15)25(30)31)23-21(10-12-34-23)28-26(32)35-14-20-18-7-3-1-5-16(18)17-6-2-4-8-19(17)20/h1-8,15,20-23H,9-14H2,(H,27,29)(H,28,32)(H,30,31)/t15-,21?,22-,23?/m1/s1. The molecule has 2 fully saturated rings. The minimum absolute atomic E-state index is 0.0529. The number of alkyl carbamates (subject to hydrolysis) is 1. The molecule has 2 unspecified atom stereocenters. The van der Waals surface area contributed by atoms with Gasteiger partial charge in [0.15, 0.2) is 12.2 Å². The van der Waals surface area contributed by atoms with Crippen molar-refractivity contribution in [2.45, 2.75) is 37.0 Å². The molecular formula is C26H28N2O7. The van der Waals surface area contributed by atoms with Crippen LogP contribution < -0.4 is 10.6 Å². The van der Waals surface area contributed by atoms with Crippen LogP contribution in [-0.2, 0) is 23.8 Å². The minimum Gasteiger partial charge on any atom is -0.479 e. The number of ether oxygens (including phenoxy) is 3. The topological polar surface area (TPSA) is 123 Å². The fourth-order valence-corrected chi connectivity index (χ4v) is 5.24. The number of rotatable bonds is 7. The molecule has 184 valence electrons. The summed E-state index contributed by atoms with van der Waals surface area (Å²) in [6.07, 6.45) is -1.34. The monoisotopic (exact) mass is 480 g/mol. The number of carboxylic acid groups (broad SMARTS) is 1. The largest absolute Gasteiger partial charge is 0.479 e. The lowest BCUT2D eigenvalue weighted by molar-refractivity contribution is -0.149. The Hall–Kier alpha value is -3.43. The van der Waals surface area contributed by atoms with E-state index in [2.05, 4.69) is 34.9 Å². The van der Waals surface area contributed by atoms with Gasteiger partial charge in [0.25, 0.3) is 5.91 Å². The number of fused-ring (bicyclic) bond motifs is 3. The molecule has 2 aromatic rings. The first-order valence-corrected chi connectivity index (χ1v) is 11.9. The first kappa shape index (κ1) is 23.3. The van der Waals surface area contributed by atoms with Crippen molar-refractivity contribution < 1.29 is 33.7 Å². The summed E-state index contributed by atoms with van der Waals surface area (Å²) >= 11 is 0. The number of benzene rings is 2. The Morgan fingerprint density at radius 3 is 2.23 bits per heavy atom. The summed E-state index contributed by atoms with van der Waals surface area (Å²) in [6, 6.07) is 15.7. The van der Waals surface area contributed by atoms with Crippen LogP contribution in [0.5, 0.6) is 0 Å². The highest BCUT2D eigenvalue weighted by molar-refractivity contribution is 5.83. The summed E-state index contributed by atoms with van der Waals surface area (Å²) in [4.78, 5) is 36.6. The van der Waals surface area contributed by atoms with E-state index in [1.54, 1.807) is 0 Å². The quantitative estimate of drug-likeness (QED) is 0.556. The van der Waals surface area contributed by atoms with Gasteiger partial charge in [-0.1, -0.05) is 48.5 Å². The van der Waals surface area contributed by atoms with Gasteiger partial charge in [-0.15, -0.1) is 0 Å². The SMILES string of the molecule is O=C(NC1CCOC1C(=O)NC[C@H]1CCO[C@H]1C(=O)O)OCC1c2ccccc2-c2ccccc21. The van der Waals surface area contributed by atoms with E-state index in [-0.39, 0.29) is 30.9 Å². The summed E-state index contributed by atoms with van der Waals surface area (Å²) in [5.74, 6) is -1.77. The second-order valence-corrected chi connectivity index (χ2v) is 9.08. The molecule has 2 amide bonds. The second kappa shape index (κ2) is 10.1. The highest BCUT2D eigenvalue weighted by Gasteiger charge is 2.38. The number of aliphatic carboxylic acids is 1. The van der Waals surface area contributed by atoms with Crippen LogP contribution in [0.25, 0.3) is 11.1 Å². The average Bonchev–Trinajstić information content (AvgIpc) is 3.59. The lowest BCUT2D eigenvalue weighted by Gasteiger charge is -2.21. The van der Waals surface area contributed by atoms with E-state index in [1.165, 1.54) is 0 Å². The summed E-state index contributed by atoms with van der Waals surface area (Å²) < 4.78 is 16.4. The zero-order valence-electron chi connectivity index (χ0n) is 19.1. The molecule has 2 heterocycles. The first-order chi connectivity index (χ1) is 17.0. The molecule has 1 aliphatic carbocycles. The number of carbonyl (C=O) groups is 3. The van der Waals surface area contributed by atoms with Crippen LogP contribution in [0, 0.1) is 5.92 Å². The number of hydrogen-bond donors (Lipinski definition) is 3. The second-order valence-electron chi connectivity index (χ2n) is 9.08. The highest BCUT2D eigenvalue weighted by Crippen LogP contribution is 2.44. The molecule has 0 radical (unpaired) electrons. The predicted molar refractivity (Wildman–Crippen MR) is 125 cm³/mol. The van der Waals surface area contributed by atoms with E-state index in [4.69, 9.17) is 14.2 Å². The molecule has 2 aliphatic heterocycles. The molecule has 9 heteroatoms. The van der Waals surface area contributed by atoms with Gasteiger partial charge in [0.1, 0.15) is 6.61 Å². The summed E-state index contributed by atoms with van der Waals surface area (Å²) in [7, 11) is 0. The number of amides is 2. The van der Waals surface area contributed by atoms with Crippen molar-refractivity contribution in [3.05, 3.63) is 59.7 Å². The van der Waals surface area contributed by atoms with Crippen molar-refractivity contribution in [1.29, 1.82) is 0 Å². The lowest BCUT2D eigenvalue weighted by atomic mass is 9.98. The zero-order valence-corrected chi connectivity index (χ0v) is 19.1. The molecule has 5 rings (SSSR count). The third kappa shape index (κ3) is 4.74. The van der Waals surface area contributed by atoms with Gasteiger partial charge in [0, 0.05) is 31.6 Å².